The molecule has 11 nitrogen and oxygen atoms in total. The number of methoxy groups -OCH3 is 1. The van der Waals surface area contributed by atoms with Gasteiger partial charge in [-0.3, -0.25) is 9.78 Å². The zero-order chi connectivity index (χ0) is 41.9. The summed E-state index contributed by atoms with van der Waals surface area (Å²) in [5.74, 6) is -0.422. The van der Waals surface area contributed by atoms with E-state index in [-0.39, 0.29) is 46.9 Å². The highest BCUT2D eigenvalue weighted by Gasteiger charge is 2.36. The molecule has 0 atom stereocenters. The van der Waals surface area contributed by atoms with Gasteiger partial charge in [-0.25, -0.2) is 22.5 Å². The maximum absolute atomic E-state index is 15.2. The first-order valence-corrected chi connectivity index (χ1v) is 22.0. The number of H-pyrrole nitrogens is 1. The Morgan fingerprint density at radius 3 is 2.47 bits per heavy atom. The molecular formula is C45H44Cl2FN5O6S. The number of sulfonamides is 1. The number of anilines is 1. The van der Waals surface area contributed by atoms with Crippen LogP contribution in [0.15, 0.2) is 108 Å². The number of amides is 1. The first-order valence-electron chi connectivity index (χ1n) is 19.8. The highest BCUT2D eigenvalue weighted by molar-refractivity contribution is 7.90. The van der Waals surface area contributed by atoms with E-state index in [4.69, 9.17) is 37.4 Å². The number of rotatable bonds is 13. The fraction of sp³-hybridized carbons (Fsp3) is 0.311. The third-order valence-electron chi connectivity index (χ3n) is 11.6. The maximum Gasteiger partial charge on any atom is 0.268 e. The van der Waals surface area contributed by atoms with Gasteiger partial charge in [0.2, 0.25) is 0 Å². The number of piperidine rings is 1. The van der Waals surface area contributed by atoms with Crippen LogP contribution in [-0.2, 0) is 32.3 Å². The lowest BCUT2D eigenvalue weighted by Crippen LogP contribution is -2.47. The van der Waals surface area contributed by atoms with Crippen molar-refractivity contribution >= 4 is 55.9 Å². The minimum Gasteiger partial charge on any atom is -0.455 e. The molecule has 0 aliphatic carbocycles. The molecular weight excluding hydrogens is 828 g/mol. The SMILES string of the molecule is COC1(Cc2ccccc2-c2ccc(Cl)cc2)CCN(c2ccc(C(=O)NS(=O)(=O)c3cnc(CCC4(F)CCOCC4)c(Cl)c3)c(Oc3cnc4[nH]ccc4c3)c2)CC1. The van der Waals surface area contributed by atoms with Crippen molar-refractivity contribution in [3.8, 4) is 22.6 Å². The number of nitrogens with zero attached hydrogens (tertiary/aromatic N) is 3. The highest BCUT2D eigenvalue weighted by atomic mass is 35.5. The molecule has 5 heterocycles. The molecule has 3 aromatic carbocycles. The molecule has 3 aromatic heterocycles. The molecule has 312 valence electrons. The van der Waals surface area contributed by atoms with E-state index in [0.717, 1.165) is 41.2 Å². The van der Waals surface area contributed by atoms with Gasteiger partial charge in [0.1, 0.15) is 27.7 Å². The van der Waals surface area contributed by atoms with Crippen LogP contribution in [0, 0.1) is 0 Å². The molecule has 15 heteroatoms. The number of aromatic nitrogens is 3. The number of hydrogen-bond acceptors (Lipinski definition) is 9. The molecule has 60 heavy (non-hydrogen) atoms. The Bertz CT molecular complexity index is 2610. The van der Waals surface area contributed by atoms with Gasteiger partial charge in [-0.1, -0.05) is 59.6 Å². The predicted molar refractivity (Wildman–Crippen MR) is 231 cm³/mol. The number of aryl methyl sites for hydroxylation is 1. The number of benzene rings is 3. The number of hydrogen-bond donors (Lipinski definition) is 2. The Morgan fingerprint density at radius 2 is 1.72 bits per heavy atom. The molecule has 0 unspecified atom stereocenters. The summed E-state index contributed by atoms with van der Waals surface area (Å²) in [7, 11) is -2.68. The van der Waals surface area contributed by atoms with Gasteiger partial charge < -0.3 is 24.1 Å². The van der Waals surface area contributed by atoms with Crippen LogP contribution in [0.5, 0.6) is 11.5 Å². The van der Waals surface area contributed by atoms with Crippen LogP contribution in [0.2, 0.25) is 10.0 Å². The number of pyridine rings is 2. The molecule has 2 saturated heterocycles. The van der Waals surface area contributed by atoms with Crippen LogP contribution < -0.4 is 14.4 Å². The molecule has 2 aliphatic heterocycles. The molecule has 0 spiro atoms. The van der Waals surface area contributed by atoms with E-state index in [2.05, 4.69) is 36.7 Å². The van der Waals surface area contributed by atoms with Gasteiger partial charge in [0.05, 0.1) is 28.1 Å². The van der Waals surface area contributed by atoms with Crippen LogP contribution in [-0.4, -0.2) is 74.0 Å². The van der Waals surface area contributed by atoms with Gasteiger partial charge in [0.25, 0.3) is 15.9 Å². The summed E-state index contributed by atoms with van der Waals surface area (Å²) in [6.45, 7) is 1.99. The first-order chi connectivity index (χ1) is 28.9. The van der Waals surface area contributed by atoms with Gasteiger partial charge in [-0.05, 0) is 84.8 Å². The fourth-order valence-corrected chi connectivity index (χ4v) is 9.37. The molecule has 2 aliphatic rings. The van der Waals surface area contributed by atoms with Crippen LogP contribution in [0.3, 0.4) is 0 Å². The van der Waals surface area contributed by atoms with Crippen LogP contribution in [0.1, 0.15) is 53.7 Å². The number of carbonyl (C=O) groups is 1. The summed E-state index contributed by atoms with van der Waals surface area (Å²) in [5, 5.41) is 1.54. The van der Waals surface area contributed by atoms with Crippen molar-refractivity contribution in [3.63, 3.8) is 0 Å². The average Bonchev–Trinajstić information content (AvgIpc) is 3.72. The molecule has 0 saturated carbocycles. The quantitative estimate of drug-likeness (QED) is 0.116. The van der Waals surface area contributed by atoms with Gasteiger partial charge in [0.15, 0.2) is 0 Å². The minimum absolute atomic E-state index is 0.0149. The molecule has 2 fully saturated rings. The van der Waals surface area contributed by atoms with E-state index in [1.165, 1.54) is 17.8 Å². The largest absolute Gasteiger partial charge is 0.455 e. The second kappa shape index (κ2) is 17.5. The number of nitrogens with one attached hydrogen (secondary N) is 2. The number of carbonyl (C=O) groups excluding carboxylic acids is 1. The summed E-state index contributed by atoms with van der Waals surface area (Å²) in [4.78, 5) is 27.5. The zero-order valence-corrected chi connectivity index (χ0v) is 35.3. The van der Waals surface area contributed by atoms with Crippen LogP contribution >= 0.6 is 23.2 Å². The van der Waals surface area contributed by atoms with Crippen molar-refractivity contribution in [2.45, 2.75) is 61.1 Å². The molecule has 2 N–H and O–H groups in total. The van der Waals surface area contributed by atoms with Crippen molar-refractivity contribution in [1.29, 1.82) is 0 Å². The number of fused-ring (bicyclic) bond motifs is 1. The number of alkyl halides is 1. The number of halogens is 3. The molecule has 8 rings (SSSR count). The van der Waals surface area contributed by atoms with Gasteiger partial charge >= 0.3 is 0 Å². The Morgan fingerprint density at radius 1 is 0.950 bits per heavy atom. The van der Waals surface area contributed by atoms with Crippen LogP contribution in [0.4, 0.5) is 10.1 Å². The predicted octanol–water partition coefficient (Wildman–Crippen LogP) is 9.52. The Hall–Kier alpha value is -5.05. The first kappa shape index (κ1) is 41.7. The second-order valence-electron chi connectivity index (χ2n) is 15.4. The topological polar surface area (TPSA) is 136 Å². The molecule has 1 amide bonds. The fourth-order valence-electron chi connectivity index (χ4n) is 7.99. The molecule has 6 aromatic rings. The van der Waals surface area contributed by atoms with Gasteiger partial charge in [0, 0.05) is 87.2 Å². The van der Waals surface area contributed by atoms with Crippen molar-refractivity contribution in [2.24, 2.45) is 0 Å². The zero-order valence-electron chi connectivity index (χ0n) is 32.9. The summed E-state index contributed by atoms with van der Waals surface area (Å²) >= 11 is 12.6. The van der Waals surface area contributed by atoms with Crippen molar-refractivity contribution in [3.05, 3.63) is 130 Å². The number of ether oxygens (including phenoxy) is 3. The second-order valence-corrected chi connectivity index (χ2v) is 17.9. The van der Waals surface area contributed by atoms with Crippen LogP contribution in [0.25, 0.3) is 22.2 Å². The monoisotopic (exact) mass is 871 g/mol. The van der Waals surface area contributed by atoms with Crippen molar-refractivity contribution in [1.82, 2.24) is 19.7 Å². The van der Waals surface area contributed by atoms with E-state index >= 15 is 4.39 Å². The Labute approximate surface area is 358 Å². The molecule has 0 bridgehead atoms. The minimum atomic E-state index is -4.44. The third-order valence-corrected chi connectivity index (χ3v) is 13.5. The van der Waals surface area contributed by atoms with Crippen molar-refractivity contribution in [2.75, 3.05) is 38.3 Å². The van der Waals surface area contributed by atoms with E-state index < -0.39 is 27.2 Å². The van der Waals surface area contributed by atoms with E-state index in [9.17, 15) is 13.2 Å². The molecule has 0 radical (unpaired) electrons. The summed E-state index contributed by atoms with van der Waals surface area (Å²) in [6.07, 6.45) is 7.54. The smallest absolute Gasteiger partial charge is 0.268 e. The summed E-state index contributed by atoms with van der Waals surface area (Å²) in [5.41, 5.74) is 3.39. The lowest BCUT2D eigenvalue weighted by Gasteiger charge is -2.42. The Balaban J connectivity index is 1.01. The Kier molecular flexibility index (Phi) is 12.2. The number of aromatic amines is 1. The lowest BCUT2D eigenvalue weighted by molar-refractivity contribution is -0.0288. The van der Waals surface area contributed by atoms with Gasteiger partial charge in [-0.2, -0.15) is 0 Å². The van der Waals surface area contributed by atoms with Crippen molar-refractivity contribution < 1.29 is 31.8 Å². The van der Waals surface area contributed by atoms with E-state index in [1.807, 2.05) is 42.5 Å². The normalized spacial score (nSPS) is 16.4. The average molecular weight is 873 g/mol. The van der Waals surface area contributed by atoms with E-state index in [0.29, 0.717) is 54.8 Å². The third kappa shape index (κ3) is 9.30. The van der Waals surface area contributed by atoms with E-state index in [1.54, 1.807) is 37.6 Å². The highest BCUT2D eigenvalue weighted by Crippen LogP contribution is 2.38. The van der Waals surface area contributed by atoms with Gasteiger partial charge in [-0.15, -0.1) is 0 Å². The summed E-state index contributed by atoms with van der Waals surface area (Å²) < 4.78 is 62.4. The summed E-state index contributed by atoms with van der Waals surface area (Å²) in [6, 6.07) is 26.1. The standard InChI is InChI=1S/C45H44Cl2FN5O6S/c1-57-45(27-32-4-2-3-5-37(32)30-6-8-33(46)9-7-30)15-20-53(21-16-45)34-10-11-38(41(25-34)59-35-24-31-13-19-49-42(31)51-28-35)43(54)52-60(55,56)36-26-39(47)40(50-29-36)12-14-44(48)17-22-58-23-18-44/h2-11,13,19,24-26,28-29H,12,14-18,20-23,27H2,1H3,(H,49,51)(H,52,54). The lowest BCUT2D eigenvalue weighted by atomic mass is 9.82. The maximum atomic E-state index is 15.2.